The minimum Gasteiger partial charge on any atom is -0.456 e. The Morgan fingerprint density at radius 3 is 1.48 bits per heavy atom. The fraction of sp³-hybridized carbons (Fsp3) is 0.852. The molecule has 0 radical (unpaired) electrons. The largest absolute Gasteiger partial charge is 0.472 e. The van der Waals surface area contributed by atoms with Crippen LogP contribution in [0.1, 0.15) is 245 Å². The van der Waals surface area contributed by atoms with Gasteiger partial charge in [-0.05, 0) is 57.4 Å². The first kappa shape index (κ1) is 62.2. The zero-order valence-electron chi connectivity index (χ0n) is 42.8. The molecular formula is C54H104N2O7P+. The number of rotatable bonds is 48. The molecule has 0 aromatic rings. The number of allylic oxidation sites excluding steroid dienone is 5. The summed E-state index contributed by atoms with van der Waals surface area (Å²) in [6, 6.07) is -0.846. The van der Waals surface area contributed by atoms with Crippen LogP contribution in [0.15, 0.2) is 36.5 Å². The molecule has 10 heteroatoms. The second-order valence-corrected chi connectivity index (χ2v) is 20.8. The number of phosphoric acid groups is 1. The quantitative estimate of drug-likeness (QED) is 0.0206. The van der Waals surface area contributed by atoms with Crippen molar-refractivity contribution in [2.24, 2.45) is 0 Å². The average molecular weight is 924 g/mol. The Bertz CT molecular complexity index is 1200. The fourth-order valence-electron chi connectivity index (χ4n) is 7.68. The smallest absolute Gasteiger partial charge is 0.456 e. The molecule has 0 aromatic carbocycles. The highest BCUT2D eigenvalue weighted by atomic mass is 31.2. The van der Waals surface area contributed by atoms with Crippen molar-refractivity contribution in [2.45, 2.75) is 258 Å². The summed E-state index contributed by atoms with van der Waals surface area (Å²) in [5.74, 6) is -0.510. The topological polar surface area (TPSA) is 111 Å². The lowest BCUT2D eigenvalue weighted by molar-refractivity contribution is -0.870. The summed E-state index contributed by atoms with van der Waals surface area (Å²) in [6.07, 6.45) is 51.3. The average Bonchev–Trinajstić information content (AvgIpc) is 3.25. The maximum atomic E-state index is 13.4. The zero-order chi connectivity index (χ0) is 47.3. The number of carbonyl (C=O) groups is 2. The van der Waals surface area contributed by atoms with Crippen molar-refractivity contribution in [3.63, 3.8) is 0 Å². The van der Waals surface area contributed by atoms with Crippen molar-refractivity contribution in [2.75, 3.05) is 40.9 Å². The van der Waals surface area contributed by atoms with E-state index in [0.29, 0.717) is 23.9 Å². The molecule has 0 rings (SSSR count). The summed E-state index contributed by atoms with van der Waals surface area (Å²) in [5.41, 5.74) is 0. The highest BCUT2D eigenvalue weighted by Crippen LogP contribution is 2.43. The Hall–Kier alpha value is -1.77. The van der Waals surface area contributed by atoms with Gasteiger partial charge in [0.1, 0.15) is 19.3 Å². The summed E-state index contributed by atoms with van der Waals surface area (Å²) in [5, 5.41) is 3.04. The van der Waals surface area contributed by atoms with E-state index in [4.69, 9.17) is 13.8 Å². The molecule has 0 aliphatic heterocycles. The normalized spacial score (nSPS) is 14.2. The summed E-state index contributed by atoms with van der Waals surface area (Å²) in [6.45, 7) is 6.89. The summed E-state index contributed by atoms with van der Waals surface area (Å²) >= 11 is 0. The van der Waals surface area contributed by atoms with Gasteiger partial charge in [0.05, 0.1) is 33.8 Å². The number of nitrogens with zero attached hydrogens (tertiary/aromatic N) is 1. The third-order valence-electron chi connectivity index (χ3n) is 11.8. The number of amides is 1. The minimum atomic E-state index is -4.44. The van der Waals surface area contributed by atoms with Gasteiger partial charge in [-0.15, -0.1) is 0 Å². The summed E-state index contributed by atoms with van der Waals surface area (Å²) < 4.78 is 30.5. The van der Waals surface area contributed by atoms with Gasteiger partial charge < -0.3 is 19.4 Å². The molecule has 2 N–H and O–H groups in total. The molecule has 3 unspecified atom stereocenters. The highest BCUT2D eigenvalue weighted by molar-refractivity contribution is 7.47. The van der Waals surface area contributed by atoms with Crippen LogP contribution in [0.2, 0.25) is 0 Å². The monoisotopic (exact) mass is 924 g/mol. The van der Waals surface area contributed by atoms with Gasteiger partial charge in [0.25, 0.3) is 0 Å². The summed E-state index contributed by atoms with van der Waals surface area (Å²) in [7, 11) is 1.49. The number of likely N-dealkylation sites (N-methyl/N-ethyl adjacent to an activating group) is 1. The van der Waals surface area contributed by atoms with E-state index in [1.807, 2.05) is 33.3 Å². The van der Waals surface area contributed by atoms with E-state index in [-0.39, 0.29) is 25.1 Å². The van der Waals surface area contributed by atoms with Gasteiger partial charge in [-0.25, -0.2) is 4.57 Å². The van der Waals surface area contributed by atoms with E-state index in [9.17, 15) is 19.0 Å². The van der Waals surface area contributed by atoms with Crippen LogP contribution in [-0.2, 0) is 27.9 Å². The van der Waals surface area contributed by atoms with E-state index < -0.39 is 20.0 Å². The highest BCUT2D eigenvalue weighted by Gasteiger charge is 2.30. The second kappa shape index (κ2) is 45.0. The lowest BCUT2D eigenvalue weighted by Gasteiger charge is -2.27. The van der Waals surface area contributed by atoms with Crippen molar-refractivity contribution in [1.82, 2.24) is 5.32 Å². The number of unbranched alkanes of at least 4 members (excludes halogenated alkanes) is 28. The van der Waals surface area contributed by atoms with Crippen molar-refractivity contribution < 1.29 is 37.3 Å². The van der Waals surface area contributed by atoms with E-state index in [1.54, 1.807) is 0 Å². The molecule has 3 atom stereocenters. The number of phosphoric ester groups is 1. The van der Waals surface area contributed by atoms with Crippen LogP contribution in [0, 0.1) is 0 Å². The predicted octanol–water partition coefficient (Wildman–Crippen LogP) is 15.6. The van der Waals surface area contributed by atoms with Crippen molar-refractivity contribution in [1.29, 1.82) is 0 Å². The molecule has 0 fully saturated rings. The van der Waals surface area contributed by atoms with E-state index in [0.717, 1.165) is 83.5 Å². The lowest BCUT2D eigenvalue weighted by Crippen LogP contribution is -2.47. The van der Waals surface area contributed by atoms with Crippen molar-refractivity contribution in [3.8, 4) is 0 Å². The summed E-state index contributed by atoms with van der Waals surface area (Å²) in [4.78, 5) is 37.4. The number of hydrogen-bond acceptors (Lipinski definition) is 6. The van der Waals surface area contributed by atoms with Crippen molar-refractivity contribution >= 4 is 19.7 Å². The van der Waals surface area contributed by atoms with Crippen LogP contribution in [0.4, 0.5) is 0 Å². The Morgan fingerprint density at radius 1 is 0.562 bits per heavy atom. The van der Waals surface area contributed by atoms with Crippen LogP contribution in [0.25, 0.3) is 0 Å². The number of nitrogens with one attached hydrogen (secondary N) is 1. The maximum absolute atomic E-state index is 13.4. The number of quaternary nitrogens is 1. The first-order valence-electron chi connectivity index (χ1n) is 26.8. The molecule has 0 heterocycles. The van der Waals surface area contributed by atoms with Gasteiger partial charge in [-0.1, -0.05) is 212 Å². The predicted molar refractivity (Wildman–Crippen MR) is 272 cm³/mol. The number of carbonyl (C=O) groups excluding carboxylic acids is 2. The van der Waals surface area contributed by atoms with Gasteiger partial charge >= 0.3 is 13.8 Å². The first-order chi connectivity index (χ1) is 30.9. The van der Waals surface area contributed by atoms with E-state index in [1.165, 1.54) is 128 Å². The third kappa shape index (κ3) is 45.4. The van der Waals surface area contributed by atoms with Crippen LogP contribution in [0.5, 0.6) is 0 Å². The molecule has 64 heavy (non-hydrogen) atoms. The van der Waals surface area contributed by atoms with Gasteiger partial charge in [0, 0.05) is 12.8 Å². The van der Waals surface area contributed by atoms with Crippen LogP contribution in [0.3, 0.4) is 0 Å². The molecule has 376 valence electrons. The first-order valence-corrected chi connectivity index (χ1v) is 28.3. The molecule has 0 aliphatic carbocycles. The van der Waals surface area contributed by atoms with Crippen LogP contribution in [-0.4, -0.2) is 74.3 Å². The Labute approximate surface area is 396 Å². The molecule has 0 saturated heterocycles. The van der Waals surface area contributed by atoms with E-state index in [2.05, 4.69) is 50.4 Å². The van der Waals surface area contributed by atoms with Gasteiger partial charge in [-0.3, -0.25) is 18.6 Å². The number of esters is 1. The Balaban J connectivity index is 5.42. The third-order valence-corrected chi connectivity index (χ3v) is 12.8. The standard InChI is InChI=1S/C54H103N2O7P/c1-7-10-13-16-19-22-25-27-29-32-34-37-40-43-46-53(57)55-51(50-62-64(59,60)61-49-48-56(4,5)6)52(45-42-39-36-33-31-28-26-23-20-17-14-11-8-2)63-54(58)47-44-41-38-35-30-24-21-18-15-12-9-3/h10,13,19,22,42,45,51-52H,7-9,11-12,14-18,20-21,23-41,43-44,46-50H2,1-6H3,(H-,55,57,59,60)/p+1/b13-10+,22-19+,45-42+. The molecule has 0 aliphatic rings. The number of ether oxygens (including phenoxy) is 1. The molecule has 0 spiro atoms. The Kier molecular flexibility index (Phi) is 43.8. The maximum Gasteiger partial charge on any atom is 0.472 e. The fourth-order valence-corrected chi connectivity index (χ4v) is 8.42. The van der Waals surface area contributed by atoms with Gasteiger partial charge in [0.2, 0.25) is 5.91 Å². The molecular weight excluding hydrogens is 820 g/mol. The van der Waals surface area contributed by atoms with E-state index >= 15 is 0 Å². The molecule has 0 saturated carbocycles. The minimum absolute atomic E-state index is 0.0402. The van der Waals surface area contributed by atoms with Crippen LogP contribution >= 0.6 is 7.82 Å². The second-order valence-electron chi connectivity index (χ2n) is 19.4. The van der Waals surface area contributed by atoms with Crippen molar-refractivity contribution in [3.05, 3.63) is 36.5 Å². The molecule has 0 aromatic heterocycles. The van der Waals surface area contributed by atoms with Gasteiger partial charge in [-0.2, -0.15) is 0 Å². The lowest BCUT2D eigenvalue weighted by atomic mass is 10.0. The zero-order valence-corrected chi connectivity index (χ0v) is 43.7. The van der Waals surface area contributed by atoms with Crippen LogP contribution < -0.4 is 5.32 Å². The Morgan fingerprint density at radius 2 is 1.00 bits per heavy atom. The molecule has 1 amide bonds. The SMILES string of the molecule is CC/C=C/C/C=C/CCCCCCCCCC(=O)NC(COP(=O)(O)OCC[N+](C)(C)C)C(/C=C/CCCCCCCCCCCCC)OC(=O)CCCCCCCCCCCCC. The molecule has 0 bridgehead atoms. The number of hydrogen-bond donors (Lipinski definition) is 2. The van der Waals surface area contributed by atoms with Gasteiger partial charge in [0.15, 0.2) is 0 Å². The molecule has 9 nitrogen and oxygen atoms in total.